The Balaban J connectivity index is 2.17. The van der Waals surface area contributed by atoms with Crippen LogP contribution in [0.1, 0.15) is 25.0 Å². The Morgan fingerprint density at radius 1 is 0.633 bits per heavy atom. The Morgan fingerprint density at radius 2 is 0.967 bits per heavy atom. The van der Waals surface area contributed by atoms with E-state index in [1.165, 1.54) is 0 Å². The van der Waals surface area contributed by atoms with Crippen molar-refractivity contribution in [3.05, 3.63) is 91.9 Å². The zero-order chi connectivity index (χ0) is 21.8. The number of hydrogen-bond donors (Lipinski definition) is 0. The van der Waals surface area contributed by atoms with E-state index in [1.807, 2.05) is 74.5 Å². The summed E-state index contributed by atoms with van der Waals surface area (Å²) in [6.45, 7) is 3.97. The molecule has 0 aromatic heterocycles. The van der Waals surface area contributed by atoms with Gasteiger partial charge in [-0.3, -0.25) is 0 Å². The summed E-state index contributed by atoms with van der Waals surface area (Å²) in [6.07, 6.45) is 0. The Labute approximate surface area is 195 Å². The van der Waals surface area contributed by atoms with Gasteiger partial charge in [0, 0.05) is 34.3 Å². The lowest BCUT2D eigenvalue weighted by molar-refractivity contribution is 0.0767. The molecule has 4 heteroatoms. The molecule has 2 atom stereocenters. The molecule has 0 N–H and O–H groups in total. The summed E-state index contributed by atoms with van der Waals surface area (Å²) >= 11 is 7.54. The van der Waals surface area contributed by atoms with Crippen molar-refractivity contribution in [1.82, 2.24) is 0 Å². The first-order valence-electron chi connectivity index (χ1n) is 9.42. The van der Waals surface area contributed by atoms with Gasteiger partial charge in [0.25, 0.3) is 0 Å². The first kappa shape index (κ1) is 22.6. The predicted octanol–water partition coefficient (Wildman–Crippen LogP) is 6.21. The third kappa shape index (κ3) is 3.94. The summed E-state index contributed by atoms with van der Waals surface area (Å²) in [5.74, 6) is 13.1. The number of ether oxygens (including phenoxy) is 2. The highest BCUT2D eigenvalue weighted by Crippen LogP contribution is 2.50. The van der Waals surface area contributed by atoms with Crippen LogP contribution in [0.3, 0.4) is 0 Å². The lowest BCUT2D eigenvalue weighted by Gasteiger charge is -2.41. The number of rotatable bonds is 2. The number of halogens is 2. The van der Waals surface area contributed by atoms with Crippen LogP contribution in [0.15, 0.2) is 80.8 Å². The smallest absolute Gasteiger partial charge is 0.183 e. The van der Waals surface area contributed by atoms with Crippen LogP contribution in [-0.4, -0.2) is 25.4 Å². The fourth-order valence-corrected chi connectivity index (χ4v) is 5.09. The van der Waals surface area contributed by atoms with E-state index in [0.29, 0.717) is 0 Å². The SMILES string of the molecule is COC1(C#Cc2ccccc2)C(C)=C(Br)C(C#Cc2ccccc2)(OC)C(C)=C1Br. The molecule has 0 fully saturated rings. The molecule has 0 radical (unpaired) electrons. The Hall–Kier alpha value is -2.08. The molecule has 0 saturated carbocycles. The molecular formula is C26H22Br2O2. The minimum absolute atomic E-state index is 0.797. The monoisotopic (exact) mass is 524 g/mol. The highest BCUT2D eigenvalue weighted by Gasteiger charge is 2.49. The molecule has 0 spiro atoms. The Kier molecular flexibility index (Phi) is 7.06. The molecule has 30 heavy (non-hydrogen) atoms. The summed E-state index contributed by atoms with van der Waals surface area (Å²) in [7, 11) is 3.32. The fourth-order valence-electron chi connectivity index (χ4n) is 3.41. The first-order valence-corrected chi connectivity index (χ1v) is 11.0. The standard InChI is InChI=1S/C26H22Br2O2/c1-19-23(27)26(30-4,18-16-22-13-9-6-10-14-22)20(2)24(28)25(19,29-3)17-15-21-11-7-5-8-12-21/h5-14H,1-4H3. The lowest BCUT2D eigenvalue weighted by Crippen LogP contribution is -2.45. The van der Waals surface area contributed by atoms with Gasteiger partial charge in [-0.25, -0.2) is 0 Å². The molecule has 0 amide bonds. The summed E-state index contributed by atoms with van der Waals surface area (Å²) in [4.78, 5) is 0. The first-order chi connectivity index (χ1) is 14.4. The summed E-state index contributed by atoms with van der Waals surface area (Å²) in [6, 6.07) is 19.7. The van der Waals surface area contributed by atoms with E-state index in [4.69, 9.17) is 9.47 Å². The molecule has 2 nitrogen and oxygen atoms in total. The lowest BCUT2D eigenvalue weighted by atomic mass is 9.78. The zero-order valence-corrected chi connectivity index (χ0v) is 20.5. The Bertz CT molecular complexity index is 992. The maximum atomic E-state index is 6.00. The van der Waals surface area contributed by atoms with E-state index in [-0.39, 0.29) is 0 Å². The fraction of sp³-hybridized carbons (Fsp3) is 0.231. The van der Waals surface area contributed by atoms with Gasteiger partial charge in [-0.2, -0.15) is 0 Å². The van der Waals surface area contributed by atoms with Crippen molar-refractivity contribution in [2.24, 2.45) is 0 Å². The van der Waals surface area contributed by atoms with Crippen molar-refractivity contribution in [3.63, 3.8) is 0 Å². The number of benzene rings is 2. The van der Waals surface area contributed by atoms with Crippen molar-refractivity contribution < 1.29 is 9.47 Å². The van der Waals surface area contributed by atoms with Crippen LogP contribution in [-0.2, 0) is 9.47 Å². The van der Waals surface area contributed by atoms with Gasteiger partial charge < -0.3 is 9.47 Å². The molecule has 0 heterocycles. The van der Waals surface area contributed by atoms with E-state index in [9.17, 15) is 0 Å². The average molecular weight is 526 g/mol. The van der Waals surface area contributed by atoms with Gasteiger partial charge in [0.1, 0.15) is 0 Å². The normalized spacial score (nSPS) is 23.4. The van der Waals surface area contributed by atoms with Crippen LogP contribution < -0.4 is 0 Å². The van der Waals surface area contributed by atoms with Gasteiger partial charge in [0.2, 0.25) is 0 Å². The van der Waals surface area contributed by atoms with Gasteiger partial charge in [-0.1, -0.05) is 91.9 Å². The maximum Gasteiger partial charge on any atom is 0.183 e. The second-order valence-corrected chi connectivity index (χ2v) is 8.47. The number of methoxy groups -OCH3 is 2. The second kappa shape index (κ2) is 9.38. The van der Waals surface area contributed by atoms with Gasteiger partial charge in [-0.15, -0.1) is 0 Å². The zero-order valence-electron chi connectivity index (χ0n) is 17.3. The van der Waals surface area contributed by atoms with E-state index < -0.39 is 11.2 Å². The highest BCUT2D eigenvalue weighted by molar-refractivity contribution is 9.12. The third-order valence-corrected chi connectivity index (χ3v) is 7.56. The molecule has 0 saturated heterocycles. The van der Waals surface area contributed by atoms with Crippen molar-refractivity contribution >= 4 is 31.9 Å². The molecule has 152 valence electrons. The van der Waals surface area contributed by atoms with Crippen molar-refractivity contribution in [3.8, 4) is 23.7 Å². The highest BCUT2D eigenvalue weighted by atomic mass is 79.9. The molecule has 3 rings (SSSR count). The van der Waals surface area contributed by atoms with Gasteiger partial charge in [0.15, 0.2) is 11.2 Å². The topological polar surface area (TPSA) is 18.5 Å². The summed E-state index contributed by atoms with van der Waals surface area (Å²) in [5.41, 5.74) is 1.74. The van der Waals surface area contributed by atoms with Crippen molar-refractivity contribution in [2.75, 3.05) is 14.2 Å². The van der Waals surface area contributed by atoms with Crippen LogP contribution in [0.5, 0.6) is 0 Å². The molecule has 2 aromatic rings. The van der Waals surface area contributed by atoms with Gasteiger partial charge >= 0.3 is 0 Å². The predicted molar refractivity (Wildman–Crippen MR) is 129 cm³/mol. The molecular weight excluding hydrogens is 504 g/mol. The van der Waals surface area contributed by atoms with Crippen molar-refractivity contribution in [2.45, 2.75) is 25.0 Å². The Morgan fingerprint density at radius 3 is 1.27 bits per heavy atom. The molecule has 0 aliphatic heterocycles. The summed E-state index contributed by atoms with van der Waals surface area (Å²) < 4.78 is 13.6. The van der Waals surface area contributed by atoms with Gasteiger partial charge in [-0.05, 0) is 49.3 Å². The van der Waals surface area contributed by atoms with Crippen LogP contribution in [0, 0.1) is 23.7 Å². The molecule has 2 aromatic carbocycles. The number of hydrogen-bond acceptors (Lipinski definition) is 2. The average Bonchev–Trinajstić information content (AvgIpc) is 2.80. The minimum atomic E-state index is -0.935. The third-order valence-electron chi connectivity index (χ3n) is 5.26. The molecule has 2 unspecified atom stereocenters. The van der Waals surface area contributed by atoms with E-state index in [1.54, 1.807) is 14.2 Å². The van der Waals surface area contributed by atoms with E-state index in [0.717, 1.165) is 31.2 Å². The molecule has 1 aliphatic rings. The van der Waals surface area contributed by atoms with Crippen LogP contribution >= 0.6 is 31.9 Å². The van der Waals surface area contributed by atoms with Crippen molar-refractivity contribution in [1.29, 1.82) is 0 Å². The molecule has 0 bridgehead atoms. The van der Waals surface area contributed by atoms with E-state index in [2.05, 4.69) is 55.5 Å². The van der Waals surface area contributed by atoms with Crippen LogP contribution in [0.25, 0.3) is 0 Å². The second-order valence-electron chi connectivity index (χ2n) is 6.88. The minimum Gasteiger partial charge on any atom is -0.357 e. The largest absolute Gasteiger partial charge is 0.357 e. The summed E-state index contributed by atoms with van der Waals surface area (Å²) in [5, 5.41) is 0. The maximum absolute atomic E-state index is 6.00. The van der Waals surface area contributed by atoms with E-state index >= 15 is 0 Å². The van der Waals surface area contributed by atoms with Gasteiger partial charge in [0.05, 0.1) is 0 Å². The van der Waals surface area contributed by atoms with Crippen LogP contribution in [0.4, 0.5) is 0 Å². The van der Waals surface area contributed by atoms with Crippen LogP contribution in [0.2, 0.25) is 0 Å². The quantitative estimate of drug-likeness (QED) is 0.434. The molecule has 1 aliphatic carbocycles.